The van der Waals surface area contributed by atoms with E-state index in [0.717, 1.165) is 29.5 Å². The summed E-state index contributed by atoms with van der Waals surface area (Å²) in [6, 6.07) is 7.81. The molecule has 1 aromatic heterocycles. The molecule has 19 heavy (non-hydrogen) atoms. The lowest BCUT2D eigenvalue weighted by Crippen LogP contribution is -2.31. The van der Waals surface area contributed by atoms with Gasteiger partial charge in [-0.2, -0.15) is 0 Å². The van der Waals surface area contributed by atoms with Crippen molar-refractivity contribution in [3.63, 3.8) is 0 Å². The Hall–Kier alpha value is -1.52. The molecular weight excluding hydrogens is 264 g/mol. The molecule has 0 radical (unpaired) electrons. The van der Waals surface area contributed by atoms with Crippen LogP contribution in [-0.2, 0) is 0 Å². The maximum atomic E-state index is 12.2. The van der Waals surface area contributed by atoms with E-state index in [2.05, 4.69) is 0 Å². The number of likely N-dealkylation sites (tertiary alicyclic amines) is 1. The fourth-order valence-corrected chi connectivity index (χ4v) is 2.40. The number of fused-ring (bicyclic) bond motifs is 1. The van der Waals surface area contributed by atoms with Crippen molar-refractivity contribution in [3.05, 3.63) is 35.6 Å². The molecule has 3 rings (SSSR count). The lowest BCUT2D eigenvalue weighted by Gasteiger charge is -2.13. The highest BCUT2D eigenvalue weighted by Gasteiger charge is 2.26. The summed E-state index contributed by atoms with van der Waals surface area (Å²) in [4.78, 5) is 14.0. The molecule has 2 N–H and O–H groups in total. The quantitative estimate of drug-likeness (QED) is 0.872. The zero-order valence-electron chi connectivity index (χ0n) is 10.8. The van der Waals surface area contributed by atoms with Crippen molar-refractivity contribution in [2.75, 3.05) is 13.1 Å². The zero-order chi connectivity index (χ0) is 12.7. The highest BCUT2D eigenvalue weighted by Crippen LogP contribution is 2.22. The molecule has 1 saturated heterocycles. The van der Waals surface area contributed by atoms with Gasteiger partial charge in [0.25, 0.3) is 5.91 Å². The number of halogens is 1. The maximum Gasteiger partial charge on any atom is 0.289 e. The Kier molecular flexibility index (Phi) is 3.83. The molecule has 1 aromatic carbocycles. The molecule has 5 heteroatoms. The molecule has 2 heterocycles. The van der Waals surface area contributed by atoms with Gasteiger partial charge >= 0.3 is 0 Å². The van der Waals surface area contributed by atoms with Gasteiger partial charge in [-0.25, -0.2) is 0 Å². The maximum absolute atomic E-state index is 12.2. The van der Waals surface area contributed by atoms with Crippen LogP contribution in [0.5, 0.6) is 0 Å². The van der Waals surface area contributed by atoms with E-state index in [4.69, 9.17) is 10.2 Å². The Labute approximate surface area is 118 Å². The third-order valence-corrected chi connectivity index (χ3v) is 3.39. The van der Waals surface area contributed by atoms with Crippen molar-refractivity contribution >= 4 is 29.3 Å². The Bertz CT molecular complexity index is 609. The van der Waals surface area contributed by atoms with Gasteiger partial charge < -0.3 is 15.1 Å². The Morgan fingerprint density at radius 3 is 2.89 bits per heavy atom. The molecule has 0 saturated carbocycles. The minimum absolute atomic E-state index is 0. The second-order valence-corrected chi connectivity index (χ2v) is 4.95. The van der Waals surface area contributed by atoms with Gasteiger partial charge in [-0.15, -0.1) is 12.4 Å². The summed E-state index contributed by atoms with van der Waals surface area (Å²) in [6.07, 6.45) is 0.866. The van der Waals surface area contributed by atoms with Crippen molar-refractivity contribution in [3.8, 4) is 0 Å². The summed E-state index contributed by atoms with van der Waals surface area (Å²) in [5, 5.41) is 0.974. The Morgan fingerprint density at radius 2 is 2.21 bits per heavy atom. The van der Waals surface area contributed by atoms with Crippen molar-refractivity contribution in [1.82, 2.24) is 4.90 Å². The van der Waals surface area contributed by atoms with Crippen LogP contribution in [0.1, 0.15) is 22.5 Å². The van der Waals surface area contributed by atoms with Gasteiger partial charge in [0.2, 0.25) is 0 Å². The SMILES string of the molecule is Cc1ccc2oc(C(=O)N3CC[C@@H](N)C3)cc2c1.Cl. The van der Waals surface area contributed by atoms with Gasteiger partial charge in [0.1, 0.15) is 5.58 Å². The van der Waals surface area contributed by atoms with E-state index >= 15 is 0 Å². The summed E-state index contributed by atoms with van der Waals surface area (Å²) < 4.78 is 5.60. The van der Waals surface area contributed by atoms with Crippen LogP contribution in [0.4, 0.5) is 0 Å². The summed E-state index contributed by atoms with van der Waals surface area (Å²) >= 11 is 0. The number of hydrogen-bond acceptors (Lipinski definition) is 3. The highest BCUT2D eigenvalue weighted by molar-refractivity contribution is 5.96. The van der Waals surface area contributed by atoms with E-state index in [-0.39, 0.29) is 24.4 Å². The van der Waals surface area contributed by atoms with Crippen molar-refractivity contribution in [1.29, 1.82) is 0 Å². The Morgan fingerprint density at radius 1 is 1.42 bits per heavy atom. The first-order valence-corrected chi connectivity index (χ1v) is 6.18. The van der Waals surface area contributed by atoms with Crippen LogP contribution in [0.25, 0.3) is 11.0 Å². The average Bonchev–Trinajstić information content (AvgIpc) is 2.93. The fraction of sp³-hybridized carbons (Fsp3) is 0.357. The van der Waals surface area contributed by atoms with E-state index in [1.54, 1.807) is 4.90 Å². The summed E-state index contributed by atoms with van der Waals surface area (Å²) in [7, 11) is 0. The molecular formula is C14H17ClN2O2. The number of carbonyl (C=O) groups excluding carboxylic acids is 1. The Balaban J connectivity index is 0.00000133. The van der Waals surface area contributed by atoms with Crippen molar-refractivity contribution in [2.45, 2.75) is 19.4 Å². The molecule has 1 aliphatic heterocycles. The van der Waals surface area contributed by atoms with E-state index in [0.29, 0.717) is 12.3 Å². The lowest BCUT2D eigenvalue weighted by molar-refractivity contribution is 0.0761. The molecule has 1 atom stereocenters. The third kappa shape index (κ3) is 2.60. The number of nitrogens with two attached hydrogens (primary N) is 1. The number of aryl methyl sites for hydroxylation is 1. The molecule has 1 aliphatic rings. The fourth-order valence-electron chi connectivity index (χ4n) is 2.40. The van der Waals surface area contributed by atoms with Crippen LogP contribution in [0, 0.1) is 6.92 Å². The lowest BCUT2D eigenvalue weighted by atomic mass is 10.2. The molecule has 1 fully saturated rings. The number of benzene rings is 1. The largest absolute Gasteiger partial charge is 0.451 e. The summed E-state index contributed by atoms with van der Waals surface area (Å²) in [5.74, 6) is 0.349. The van der Waals surface area contributed by atoms with Gasteiger partial charge in [-0.05, 0) is 31.5 Å². The molecule has 0 bridgehead atoms. The van der Waals surface area contributed by atoms with E-state index in [1.807, 2.05) is 31.2 Å². The summed E-state index contributed by atoms with van der Waals surface area (Å²) in [5.41, 5.74) is 7.73. The first-order valence-electron chi connectivity index (χ1n) is 6.18. The summed E-state index contributed by atoms with van der Waals surface area (Å²) in [6.45, 7) is 3.36. The molecule has 0 spiro atoms. The van der Waals surface area contributed by atoms with Crippen LogP contribution in [0.15, 0.2) is 28.7 Å². The van der Waals surface area contributed by atoms with Crippen LogP contribution >= 0.6 is 12.4 Å². The number of rotatable bonds is 1. The molecule has 102 valence electrons. The molecule has 2 aromatic rings. The van der Waals surface area contributed by atoms with Crippen molar-refractivity contribution in [2.24, 2.45) is 5.73 Å². The number of carbonyl (C=O) groups is 1. The number of hydrogen-bond donors (Lipinski definition) is 1. The minimum atomic E-state index is -0.0585. The van der Waals surface area contributed by atoms with Gasteiger partial charge in [0.05, 0.1) is 0 Å². The topological polar surface area (TPSA) is 59.5 Å². The van der Waals surface area contributed by atoms with Gasteiger partial charge in [0, 0.05) is 24.5 Å². The predicted molar refractivity (Wildman–Crippen MR) is 76.7 cm³/mol. The van der Waals surface area contributed by atoms with E-state index in [1.165, 1.54) is 0 Å². The highest BCUT2D eigenvalue weighted by atomic mass is 35.5. The van der Waals surface area contributed by atoms with Crippen LogP contribution in [-0.4, -0.2) is 29.9 Å². The molecule has 0 unspecified atom stereocenters. The number of amides is 1. The normalized spacial score (nSPS) is 18.6. The van der Waals surface area contributed by atoms with Gasteiger partial charge in [0.15, 0.2) is 5.76 Å². The number of nitrogens with zero attached hydrogens (tertiary/aromatic N) is 1. The monoisotopic (exact) mass is 280 g/mol. The first kappa shape index (κ1) is 13.9. The van der Waals surface area contributed by atoms with Crippen LogP contribution in [0.3, 0.4) is 0 Å². The molecule has 4 nitrogen and oxygen atoms in total. The van der Waals surface area contributed by atoms with E-state index in [9.17, 15) is 4.79 Å². The smallest absolute Gasteiger partial charge is 0.289 e. The minimum Gasteiger partial charge on any atom is -0.451 e. The zero-order valence-corrected chi connectivity index (χ0v) is 11.6. The van der Waals surface area contributed by atoms with Gasteiger partial charge in [-0.3, -0.25) is 4.79 Å². The first-order chi connectivity index (χ1) is 8.63. The molecule has 1 amide bonds. The van der Waals surface area contributed by atoms with Crippen LogP contribution in [0.2, 0.25) is 0 Å². The molecule has 0 aliphatic carbocycles. The number of furan rings is 1. The van der Waals surface area contributed by atoms with Crippen molar-refractivity contribution < 1.29 is 9.21 Å². The average molecular weight is 281 g/mol. The van der Waals surface area contributed by atoms with Gasteiger partial charge in [-0.1, -0.05) is 11.6 Å². The van der Waals surface area contributed by atoms with E-state index < -0.39 is 0 Å². The third-order valence-electron chi connectivity index (χ3n) is 3.39. The second kappa shape index (κ2) is 5.23. The second-order valence-electron chi connectivity index (χ2n) is 4.95. The van der Waals surface area contributed by atoms with Crippen LogP contribution < -0.4 is 5.73 Å². The predicted octanol–water partition coefficient (Wildman–Crippen LogP) is 2.34. The standard InChI is InChI=1S/C14H16N2O2.ClH/c1-9-2-3-12-10(6-9)7-13(18-12)14(17)16-5-4-11(15)8-16;/h2-3,6-7,11H,4-5,8,15H2,1H3;1H/t11-;/m1./s1.